The number of amides is 2. The van der Waals surface area contributed by atoms with E-state index in [1.54, 1.807) is 11.2 Å². The Labute approximate surface area is 117 Å². The molecule has 0 bridgehead atoms. The van der Waals surface area contributed by atoms with Gasteiger partial charge in [0.2, 0.25) is 11.8 Å². The van der Waals surface area contributed by atoms with Gasteiger partial charge in [-0.15, -0.1) is 0 Å². The molecule has 1 N–H and O–H groups in total. The maximum atomic E-state index is 12.3. The summed E-state index contributed by atoms with van der Waals surface area (Å²) in [6, 6.07) is -0.387. The van der Waals surface area contributed by atoms with Gasteiger partial charge in [-0.05, 0) is 12.8 Å². The lowest BCUT2D eigenvalue weighted by Gasteiger charge is -2.24. The number of rotatable bonds is 6. The van der Waals surface area contributed by atoms with Crippen molar-refractivity contribution in [2.45, 2.75) is 50.8 Å². The maximum Gasteiger partial charge on any atom is 0.245 e. The van der Waals surface area contributed by atoms with Crippen LogP contribution in [0.2, 0.25) is 0 Å². The quantitative estimate of drug-likeness (QED) is 0.781. The fourth-order valence-corrected chi connectivity index (χ4v) is 2.54. The first-order valence-electron chi connectivity index (χ1n) is 6.86. The van der Waals surface area contributed by atoms with Gasteiger partial charge in [0.15, 0.2) is 0 Å². The molecular formula is C13H24N2O3S. The first-order chi connectivity index (χ1) is 8.95. The van der Waals surface area contributed by atoms with Gasteiger partial charge in [0.05, 0.1) is 0 Å². The Hall–Kier alpha value is -0.910. The highest BCUT2D eigenvalue weighted by atomic mass is 32.2. The highest BCUT2D eigenvalue weighted by Crippen LogP contribution is 2.10. The van der Waals surface area contributed by atoms with Crippen LogP contribution in [0.3, 0.4) is 0 Å². The van der Waals surface area contributed by atoms with Crippen molar-refractivity contribution in [2.24, 2.45) is 0 Å². The van der Waals surface area contributed by atoms with E-state index in [1.165, 1.54) is 0 Å². The van der Waals surface area contributed by atoms with Crippen molar-refractivity contribution < 1.29 is 13.8 Å². The molecule has 0 aromatic carbocycles. The smallest absolute Gasteiger partial charge is 0.245 e. The zero-order valence-corrected chi connectivity index (χ0v) is 12.8. The van der Waals surface area contributed by atoms with Crippen LogP contribution in [0.4, 0.5) is 0 Å². The number of hydrogen-bond acceptors (Lipinski definition) is 3. The third-order valence-corrected chi connectivity index (χ3v) is 4.87. The molecule has 1 heterocycles. The van der Waals surface area contributed by atoms with Crippen molar-refractivity contribution in [3.05, 3.63) is 0 Å². The Balaban J connectivity index is 2.62. The second kappa shape index (κ2) is 7.62. The van der Waals surface area contributed by atoms with Crippen LogP contribution in [-0.2, 0) is 20.4 Å². The summed E-state index contributed by atoms with van der Waals surface area (Å²) in [6.07, 6.45) is 4.29. The van der Waals surface area contributed by atoms with E-state index < -0.39 is 10.8 Å². The predicted molar refractivity (Wildman–Crippen MR) is 76.2 cm³/mol. The number of nitrogens with one attached hydrogen (secondary N) is 1. The number of carbonyl (C=O) groups excluding carboxylic acids is 2. The second-order valence-corrected chi connectivity index (χ2v) is 6.88. The monoisotopic (exact) mass is 288 g/mol. The SMILES string of the molecule is CCCC1NC(=O)CCN(CCC(C)S(C)=O)C1=O. The molecule has 2 amide bonds. The van der Waals surface area contributed by atoms with Crippen molar-refractivity contribution in [2.75, 3.05) is 19.3 Å². The third kappa shape index (κ3) is 4.93. The van der Waals surface area contributed by atoms with Gasteiger partial charge >= 0.3 is 0 Å². The van der Waals surface area contributed by atoms with Gasteiger partial charge < -0.3 is 10.2 Å². The molecule has 1 aliphatic heterocycles. The Morgan fingerprint density at radius 1 is 1.47 bits per heavy atom. The highest BCUT2D eigenvalue weighted by Gasteiger charge is 2.29. The number of nitrogens with zero attached hydrogens (tertiary/aromatic N) is 1. The molecule has 1 aliphatic rings. The summed E-state index contributed by atoms with van der Waals surface area (Å²) in [4.78, 5) is 25.6. The van der Waals surface area contributed by atoms with Crippen LogP contribution < -0.4 is 5.32 Å². The average Bonchev–Trinajstić information content (AvgIpc) is 2.48. The molecule has 5 nitrogen and oxygen atoms in total. The first kappa shape index (κ1) is 16.1. The molecule has 1 rings (SSSR count). The van der Waals surface area contributed by atoms with Gasteiger partial charge in [-0.1, -0.05) is 20.3 Å². The fourth-order valence-electron chi connectivity index (χ4n) is 2.11. The van der Waals surface area contributed by atoms with Gasteiger partial charge in [0.1, 0.15) is 6.04 Å². The Bertz CT molecular complexity index is 360. The Morgan fingerprint density at radius 2 is 2.16 bits per heavy atom. The van der Waals surface area contributed by atoms with Crippen molar-refractivity contribution in [3.8, 4) is 0 Å². The first-order valence-corrected chi connectivity index (χ1v) is 8.48. The van der Waals surface area contributed by atoms with E-state index in [-0.39, 0.29) is 23.1 Å². The summed E-state index contributed by atoms with van der Waals surface area (Å²) in [5, 5.41) is 2.85. The van der Waals surface area contributed by atoms with Crippen molar-refractivity contribution in [1.82, 2.24) is 10.2 Å². The van der Waals surface area contributed by atoms with Crippen molar-refractivity contribution >= 4 is 22.6 Å². The topological polar surface area (TPSA) is 66.5 Å². The molecule has 0 saturated carbocycles. The highest BCUT2D eigenvalue weighted by molar-refractivity contribution is 7.84. The van der Waals surface area contributed by atoms with Gasteiger partial charge in [-0.2, -0.15) is 0 Å². The third-order valence-electron chi connectivity index (χ3n) is 3.50. The Morgan fingerprint density at radius 3 is 2.74 bits per heavy atom. The van der Waals surface area contributed by atoms with E-state index in [2.05, 4.69) is 5.32 Å². The van der Waals surface area contributed by atoms with Gasteiger partial charge in [-0.3, -0.25) is 13.8 Å². The number of hydrogen-bond donors (Lipinski definition) is 1. The zero-order chi connectivity index (χ0) is 14.4. The van der Waals surface area contributed by atoms with E-state index in [0.29, 0.717) is 32.4 Å². The van der Waals surface area contributed by atoms with E-state index in [0.717, 1.165) is 6.42 Å². The minimum Gasteiger partial charge on any atom is -0.344 e. The standard InChI is InChI=1S/C13H24N2O3S/c1-4-5-11-13(17)15(9-7-12(16)14-11)8-6-10(2)19(3)18/h10-11H,4-9H2,1-3H3,(H,14,16). The maximum absolute atomic E-state index is 12.3. The van der Waals surface area contributed by atoms with E-state index in [1.807, 2.05) is 13.8 Å². The lowest BCUT2D eigenvalue weighted by atomic mass is 10.1. The van der Waals surface area contributed by atoms with Crippen LogP contribution in [0.25, 0.3) is 0 Å². The molecule has 110 valence electrons. The normalized spacial score (nSPS) is 23.7. The average molecular weight is 288 g/mol. The molecule has 3 atom stereocenters. The molecule has 0 aromatic rings. The molecule has 0 spiro atoms. The minimum absolute atomic E-state index is 0.00165. The number of carbonyl (C=O) groups is 2. The molecule has 6 heteroatoms. The molecular weight excluding hydrogens is 264 g/mol. The van der Waals surface area contributed by atoms with Crippen molar-refractivity contribution in [3.63, 3.8) is 0 Å². The summed E-state index contributed by atoms with van der Waals surface area (Å²) in [7, 11) is -0.870. The Kier molecular flexibility index (Phi) is 6.48. The van der Waals surface area contributed by atoms with E-state index in [9.17, 15) is 13.8 Å². The van der Waals surface area contributed by atoms with Crippen LogP contribution in [0.1, 0.15) is 39.5 Å². The minimum atomic E-state index is -0.870. The molecule has 3 unspecified atom stereocenters. The van der Waals surface area contributed by atoms with E-state index in [4.69, 9.17) is 0 Å². The summed E-state index contributed by atoms with van der Waals surface area (Å²) in [5.41, 5.74) is 0. The second-order valence-electron chi connectivity index (χ2n) is 5.08. The lowest BCUT2D eigenvalue weighted by Crippen LogP contribution is -2.45. The van der Waals surface area contributed by atoms with Crippen LogP contribution in [0.15, 0.2) is 0 Å². The van der Waals surface area contributed by atoms with Gasteiger partial charge in [-0.25, -0.2) is 0 Å². The summed E-state index contributed by atoms with van der Waals surface area (Å²) < 4.78 is 11.3. The van der Waals surface area contributed by atoms with Crippen LogP contribution in [-0.4, -0.2) is 51.6 Å². The van der Waals surface area contributed by atoms with E-state index >= 15 is 0 Å². The summed E-state index contributed by atoms with van der Waals surface area (Å²) in [5.74, 6) is -0.0526. The molecule has 1 fully saturated rings. The predicted octanol–water partition coefficient (Wildman–Crippen LogP) is 0.661. The van der Waals surface area contributed by atoms with Gasteiger partial charge in [0, 0.05) is 41.8 Å². The van der Waals surface area contributed by atoms with Crippen LogP contribution in [0, 0.1) is 0 Å². The largest absolute Gasteiger partial charge is 0.344 e. The fraction of sp³-hybridized carbons (Fsp3) is 0.846. The van der Waals surface area contributed by atoms with Crippen LogP contribution in [0.5, 0.6) is 0 Å². The molecule has 0 aliphatic carbocycles. The summed E-state index contributed by atoms with van der Waals surface area (Å²) in [6.45, 7) is 4.96. The molecule has 1 saturated heterocycles. The van der Waals surface area contributed by atoms with Gasteiger partial charge in [0.25, 0.3) is 0 Å². The van der Waals surface area contributed by atoms with Crippen molar-refractivity contribution in [1.29, 1.82) is 0 Å². The zero-order valence-electron chi connectivity index (χ0n) is 12.0. The molecule has 19 heavy (non-hydrogen) atoms. The molecule has 0 aromatic heterocycles. The molecule has 0 radical (unpaired) electrons. The van der Waals surface area contributed by atoms with Crippen LogP contribution >= 0.6 is 0 Å². The lowest BCUT2D eigenvalue weighted by molar-refractivity contribution is -0.133. The summed E-state index contributed by atoms with van der Waals surface area (Å²) >= 11 is 0.